The van der Waals surface area contributed by atoms with E-state index in [9.17, 15) is 9.59 Å². The fourth-order valence-corrected chi connectivity index (χ4v) is 2.20. The minimum absolute atomic E-state index is 0.0149. The number of ketones is 1. The Morgan fingerprint density at radius 2 is 1.90 bits per heavy atom. The van der Waals surface area contributed by atoms with Gasteiger partial charge in [-0.2, -0.15) is 0 Å². The van der Waals surface area contributed by atoms with Gasteiger partial charge in [-0.05, 0) is 30.0 Å². The molecule has 0 amide bonds. The van der Waals surface area contributed by atoms with Crippen molar-refractivity contribution in [2.24, 2.45) is 5.92 Å². The molecule has 0 aliphatic carbocycles. The smallest absolute Gasteiger partial charge is 0.341 e. The lowest BCUT2D eigenvalue weighted by Crippen LogP contribution is -2.10. The van der Waals surface area contributed by atoms with Crippen LogP contribution in [-0.2, 0) is 4.79 Å². The number of carboxylic acid groups (broad SMARTS) is 1. The van der Waals surface area contributed by atoms with Crippen molar-refractivity contribution in [3.05, 3.63) is 39.9 Å². The zero-order valence-corrected chi connectivity index (χ0v) is 13.3. The molecular formula is C15H16Cl2O4. The molecule has 1 aromatic rings. The van der Waals surface area contributed by atoms with Gasteiger partial charge in [-0.15, -0.1) is 0 Å². The maximum atomic E-state index is 12.3. The number of ether oxygens (including phenoxy) is 1. The topological polar surface area (TPSA) is 63.6 Å². The molecule has 6 heteroatoms. The van der Waals surface area contributed by atoms with Gasteiger partial charge in [0.15, 0.2) is 12.4 Å². The maximum Gasteiger partial charge on any atom is 0.341 e. The summed E-state index contributed by atoms with van der Waals surface area (Å²) >= 11 is 12.1. The van der Waals surface area contributed by atoms with Gasteiger partial charge < -0.3 is 9.84 Å². The molecule has 4 nitrogen and oxygen atoms in total. The summed E-state index contributed by atoms with van der Waals surface area (Å²) in [5.74, 6) is -0.989. The molecule has 0 aliphatic heterocycles. The van der Waals surface area contributed by atoms with Crippen LogP contribution in [0.4, 0.5) is 0 Å². The number of benzene rings is 1. The number of hydrogen-bond donors (Lipinski definition) is 1. The van der Waals surface area contributed by atoms with Crippen molar-refractivity contribution in [1.29, 1.82) is 0 Å². The van der Waals surface area contributed by atoms with Crippen LogP contribution in [0, 0.1) is 5.92 Å². The van der Waals surface area contributed by atoms with Crippen molar-refractivity contribution < 1.29 is 19.4 Å². The summed E-state index contributed by atoms with van der Waals surface area (Å²) in [6.07, 6.45) is 0.560. The summed E-state index contributed by atoms with van der Waals surface area (Å²) in [5.41, 5.74) is 0.678. The molecule has 0 saturated heterocycles. The van der Waals surface area contributed by atoms with E-state index in [1.54, 1.807) is 0 Å². The number of carbonyl (C=O) groups is 2. The molecule has 0 atom stereocenters. The van der Waals surface area contributed by atoms with Crippen molar-refractivity contribution in [1.82, 2.24) is 0 Å². The Kier molecular flexibility index (Phi) is 6.24. The Morgan fingerprint density at radius 1 is 1.29 bits per heavy atom. The summed E-state index contributed by atoms with van der Waals surface area (Å²) in [5, 5.41) is 8.62. The average molecular weight is 331 g/mol. The van der Waals surface area contributed by atoms with Crippen LogP contribution < -0.4 is 4.74 Å². The SMILES string of the molecule is C=C(CC(C)C)C(=O)c1ccc(OCC(=O)O)c(Cl)c1Cl. The Bertz CT molecular complexity index is 579. The van der Waals surface area contributed by atoms with Gasteiger partial charge in [-0.3, -0.25) is 4.79 Å². The number of aliphatic carboxylic acids is 1. The van der Waals surface area contributed by atoms with Gasteiger partial charge in [0.1, 0.15) is 10.8 Å². The summed E-state index contributed by atoms with van der Waals surface area (Å²) < 4.78 is 4.99. The predicted molar refractivity (Wildman–Crippen MR) is 82.5 cm³/mol. The Labute approximate surface area is 133 Å². The Balaban J connectivity index is 3.01. The Morgan fingerprint density at radius 3 is 2.43 bits per heavy atom. The average Bonchev–Trinajstić information content (AvgIpc) is 2.38. The highest BCUT2D eigenvalue weighted by molar-refractivity contribution is 6.45. The lowest BCUT2D eigenvalue weighted by Gasteiger charge is -2.12. The standard InChI is InChI=1S/C15H16Cl2O4/c1-8(2)6-9(3)15(20)10-4-5-11(14(17)13(10)16)21-7-12(18)19/h4-5,8H,3,6-7H2,1-2H3,(H,18,19). The van der Waals surface area contributed by atoms with Gasteiger partial charge >= 0.3 is 5.97 Å². The first-order valence-electron chi connectivity index (χ1n) is 6.29. The van der Waals surface area contributed by atoms with Gasteiger partial charge in [0.2, 0.25) is 0 Å². The quantitative estimate of drug-likeness (QED) is 0.599. The van der Waals surface area contributed by atoms with E-state index >= 15 is 0 Å². The first kappa shape index (κ1) is 17.5. The van der Waals surface area contributed by atoms with Crippen LogP contribution in [0.1, 0.15) is 30.6 Å². The third kappa shape index (κ3) is 4.76. The van der Waals surface area contributed by atoms with Crippen molar-refractivity contribution in [3.63, 3.8) is 0 Å². The van der Waals surface area contributed by atoms with E-state index in [1.165, 1.54) is 12.1 Å². The molecule has 21 heavy (non-hydrogen) atoms. The molecule has 0 heterocycles. The third-order valence-corrected chi connectivity index (χ3v) is 3.48. The van der Waals surface area contributed by atoms with Gasteiger partial charge in [-0.1, -0.05) is 43.6 Å². The summed E-state index contributed by atoms with van der Waals surface area (Å²) in [6.45, 7) is 7.19. The van der Waals surface area contributed by atoms with E-state index in [4.69, 9.17) is 33.0 Å². The second kappa shape index (κ2) is 7.48. The van der Waals surface area contributed by atoms with Crippen LogP contribution in [0.2, 0.25) is 10.0 Å². The van der Waals surface area contributed by atoms with Crippen molar-refractivity contribution >= 4 is 35.0 Å². The van der Waals surface area contributed by atoms with Gasteiger partial charge in [0, 0.05) is 5.56 Å². The van der Waals surface area contributed by atoms with Gasteiger partial charge in [0.25, 0.3) is 0 Å². The van der Waals surface area contributed by atoms with E-state index in [2.05, 4.69) is 6.58 Å². The molecule has 1 rings (SSSR count). The fraction of sp³-hybridized carbons (Fsp3) is 0.333. The van der Waals surface area contributed by atoms with Gasteiger partial charge in [-0.25, -0.2) is 4.79 Å². The number of allylic oxidation sites excluding steroid dienone is 1. The molecule has 0 aliphatic rings. The fourth-order valence-electron chi connectivity index (χ4n) is 1.73. The minimum Gasteiger partial charge on any atom is -0.480 e. The molecular weight excluding hydrogens is 315 g/mol. The molecule has 114 valence electrons. The van der Waals surface area contributed by atoms with Crippen LogP contribution in [0.15, 0.2) is 24.3 Å². The monoisotopic (exact) mass is 330 g/mol. The number of carboxylic acids is 1. The van der Waals surface area contributed by atoms with Crippen LogP contribution in [-0.4, -0.2) is 23.5 Å². The highest BCUT2D eigenvalue weighted by Crippen LogP contribution is 2.36. The highest BCUT2D eigenvalue weighted by Gasteiger charge is 2.19. The van der Waals surface area contributed by atoms with Crippen LogP contribution in [0.25, 0.3) is 0 Å². The lowest BCUT2D eigenvalue weighted by atomic mass is 9.97. The zero-order chi connectivity index (χ0) is 16.2. The van der Waals surface area contributed by atoms with Crippen molar-refractivity contribution in [2.75, 3.05) is 6.61 Å². The van der Waals surface area contributed by atoms with E-state index in [1.807, 2.05) is 13.8 Å². The van der Waals surface area contributed by atoms with E-state index < -0.39 is 12.6 Å². The Hall–Kier alpha value is -1.52. The number of carbonyl (C=O) groups excluding carboxylic acids is 1. The van der Waals surface area contributed by atoms with Crippen LogP contribution in [0.3, 0.4) is 0 Å². The first-order chi connectivity index (χ1) is 9.73. The summed E-state index contributed by atoms with van der Waals surface area (Å²) in [7, 11) is 0. The second-order valence-corrected chi connectivity index (χ2v) is 5.71. The molecule has 0 unspecified atom stereocenters. The maximum absolute atomic E-state index is 12.3. The third-order valence-electron chi connectivity index (χ3n) is 2.62. The van der Waals surface area contributed by atoms with Crippen LogP contribution in [0.5, 0.6) is 5.75 Å². The van der Waals surface area contributed by atoms with Crippen LogP contribution >= 0.6 is 23.2 Å². The number of Topliss-reactive ketones (excluding diaryl/α,β-unsaturated/α-hetero) is 1. The summed E-state index contributed by atoms with van der Waals surface area (Å²) in [4.78, 5) is 22.7. The first-order valence-corrected chi connectivity index (χ1v) is 7.04. The number of hydrogen-bond acceptors (Lipinski definition) is 3. The molecule has 0 bridgehead atoms. The second-order valence-electron chi connectivity index (χ2n) is 4.95. The van der Waals surface area contributed by atoms with Crippen molar-refractivity contribution in [3.8, 4) is 5.75 Å². The normalized spacial score (nSPS) is 10.5. The van der Waals surface area contributed by atoms with Crippen molar-refractivity contribution in [2.45, 2.75) is 20.3 Å². The predicted octanol–water partition coefficient (Wildman–Crippen LogP) is 4.24. The summed E-state index contributed by atoms with van der Waals surface area (Å²) in [6, 6.07) is 2.88. The minimum atomic E-state index is -1.13. The molecule has 0 aromatic heterocycles. The number of rotatable bonds is 7. The molecule has 1 aromatic carbocycles. The largest absolute Gasteiger partial charge is 0.480 e. The molecule has 0 saturated carbocycles. The van der Waals surface area contributed by atoms with E-state index in [0.29, 0.717) is 17.9 Å². The molecule has 0 spiro atoms. The lowest BCUT2D eigenvalue weighted by molar-refractivity contribution is -0.139. The molecule has 1 N–H and O–H groups in total. The molecule has 0 radical (unpaired) electrons. The molecule has 0 fully saturated rings. The van der Waals surface area contributed by atoms with E-state index in [-0.39, 0.29) is 27.1 Å². The van der Waals surface area contributed by atoms with Gasteiger partial charge in [0.05, 0.1) is 5.02 Å². The number of halogens is 2. The zero-order valence-electron chi connectivity index (χ0n) is 11.8. The van der Waals surface area contributed by atoms with E-state index in [0.717, 1.165) is 0 Å². The highest BCUT2D eigenvalue weighted by atomic mass is 35.5.